The van der Waals surface area contributed by atoms with E-state index in [0.717, 1.165) is 13.1 Å². The molecule has 0 aromatic heterocycles. The molecule has 0 aliphatic heterocycles. The molecule has 0 saturated heterocycles. The predicted molar refractivity (Wildman–Crippen MR) is 135 cm³/mol. The number of hydrogen-bond donors (Lipinski definition) is 2. The van der Waals surface area contributed by atoms with E-state index in [9.17, 15) is 0 Å². The molecule has 0 bridgehead atoms. The minimum atomic E-state index is 0.506. The summed E-state index contributed by atoms with van der Waals surface area (Å²) >= 11 is 0. The third-order valence-electron chi connectivity index (χ3n) is 6.33. The molecule has 2 N–H and O–H groups in total. The van der Waals surface area contributed by atoms with E-state index in [1.165, 1.54) is 101 Å². The van der Waals surface area contributed by atoms with Gasteiger partial charge < -0.3 is 10.6 Å². The van der Waals surface area contributed by atoms with Gasteiger partial charge >= 0.3 is 0 Å². The molecule has 1 rings (SSSR count). The molecular formula is C28H52N2. The van der Waals surface area contributed by atoms with Crippen molar-refractivity contribution in [2.75, 3.05) is 13.1 Å². The molecule has 1 aromatic carbocycles. The quantitative estimate of drug-likeness (QED) is 0.208. The summed E-state index contributed by atoms with van der Waals surface area (Å²) in [7, 11) is 0. The summed E-state index contributed by atoms with van der Waals surface area (Å²) < 4.78 is 0. The lowest BCUT2D eigenvalue weighted by atomic mass is 9.95. The maximum absolute atomic E-state index is 3.72. The molecule has 0 saturated carbocycles. The summed E-state index contributed by atoms with van der Waals surface area (Å²) in [5.41, 5.74) is 2.92. The fourth-order valence-electron chi connectivity index (χ4n) is 4.48. The highest BCUT2D eigenvalue weighted by Gasteiger charge is 2.13. The summed E-state index contributed by atoms with van der Waals surface area (Å²) in [5.74, 6) is 0. The highest BCUT2D eigenvalue weighted by Crippen LogP contribution is 2.25. The molecular weight excluding hydrogens is 364 g/mol. The second-order valence-electron chi connectivity index (χ2n) is 9.00. The number of benzene rings is 1. The van der Waals surface area contributed by atoms with Crippen LogP contribution in [0.2, 0.25) is 0 Å². The molecule has 0 spiro atoms. The SMILES string of the molecule is CCCCCCCCC(NCC)c1ccc(C(CCCCCCCC)NCC)cc1. The number of unbranched alkanes of at least 4 members (excludes halogenated alkanes) is 10. The maximum atomic E-state index is 3.72. The van der Waals surface area contributed by atoms with Crippen molar-refractivity contribution in [3.05, 3.63) is 35.4 Å². The summed E-state index contributed by atoms with van der Waals surface area (Å²) in [6.45, 7) is 11.1. The van der Waals surface area contributed by atoms with Crippen molar-refractivity contribution < 1.29 is 0 Å². The van der Waals surface area contributed by atoms with Crippen molar-refractivity contribution in [3.63, 3.8) is 0 Å². The topological polar surface area (TPSA) is 24.1 Å². The Balaban J connectivity index is 2.53. The highest BCUT2D eigenvalue weighted by atomic mass is 14.9. The van der Waals surface area contributed by atoms with Gasteiger partial charge in [-0.3, -0.25) is 0 Å². The van der Waals surface area contributed by atoms with Gasteiger partial charge in [0, 0.05) is 12.1 Å². The first-order valence-electron chi connectivity index (χ1n) is 13.3. The van der Waals surface area contributed by atoms with Crippen molar-refractivity contribution in [3.8, 4) is 0 Å². The number of rotatable bonds is 20. The summed E-state index contributed by atoms with van der Waals surface area (Å²) in [6.07, 6.45) is 19.0. The van der Waals surface area contributed by atoms with Gasteiger partial charge in [-0.1, -0.05) is 129 Å². The van der Waals surface area contributed by atoms with Gasteiger partial charge in [-0.25, -0.2) is 0 Å². The van der Waals surface area contributed by atoms with Crippen LogP contribution >= 0.6 is 0 Å². The zero-order chi connectivity index (χ0) is 21.9. The Morgan fingerprint density at radius 2 is 0.833 bits per heavy atom. The monoisotopic (exact) mass is 416 g/mol. The molecule has 0 heterocycles. The number of hydrogen-bond acceptors (Lipinski definition) is 2. The van der Waals surface area contributed by atoms with Crippen molar-refractivity contribution in [1.29, 1.82) is 0 Å². The fraction of sp³-hybridized carbons (Fsp3) is 0.786. The van der Waals surface area contributed by atoms with Crippen LogP contribution in [-0.2, 0) is 0 Å². The Morgan fingerprint density at radius 1 is 0.500 bits per heavy atom. The van der Waals surface area contributed by atoms with Gasteiger partial charge in [-0.2, -0.15) is 0 Å². The number of nitrogens with one attached hydrogen (secondary N) is 2. The minimum absolute atomic E-state index is 0.506. The maximum Gasteiger partial charge on any atom is 0.0320 e. The van der Waals surface area contributed by atoms with Crippen LogP contribution in [0.5, 0.6) is 0 Å². The predicted octanol–water partition coefficient (Wildman–Crippen LogP) is 8.49. The Bertz CT molecular complexity index is 437. The van der Waals surface area contributed by atoms with E-state index >= 15 is 0 Å². The second kappa shape index (κ2) is 18.9. The van der Waals surface area contributed by atoms with Gasteiger partial charge in [0.1, 0.15) is 0 Å². The van der Waals surface area contributed by atoms with E-state index in [0.29, 0.717) is 12.1 Å². The zero-order valence-corrected chi connectivity index (χ0v) is 20.8. The lowest BCUT2D eigenvalue weighted by molar-refractivity contribution is 0.471. The lowest BCUT2D eigenvalue weighted by Crippen LogP contribution is -2.22. The first kappa shape index (κ1) is 27.2. The molecule has 0 fully saturated rings. The van der Waals surface area contributed by atoms with E-state index in [1.54, 1.807) is 0 Å². The summed E-state index contributed by atoms with van der Waals surface area (Å²) in [6, 6.07) is 10.5. The van der Waals surface area contributed by atoms with Crippen LogP contribution < -0.4 is 10.6 Å². The smallest absolute Gasteiger partial charge is 0.0320 e. The van der Waals surface area contributed by atoms with E-state index in [2.05, 4.69) is 62.6 Å². The summed E-state index contributed by atoms with van der Waals surface area (Å²) in [4.78, 5) is 0. The van der Waals surface area contributed by atoms with Crippen LogP contribution in [0.4, 0.5) is 0 Å². The molecule has 2 atom stereocenters. The van der Waals surface area contributed by atoms with Gasteiger partial charge in [0.25, 0.3) is 0 Å². The molecule has 1 aromatic rings. The molecule has 0 amide bonds. The Labute approximate surface area is 189 Å². The van der Waals surface area contributed by atoms with Crippen LogP contribution in [-0.4, -0.2) is 13.1 Å². The highest BCUT2D eigenvalue weighted by molar-refractivity contribution is 5.27. The molecule has 0 aliphatic rings. The van der Waals surface area contributed by atoms with Crippen molar-refractivity contribution >= 4 is 0 Å². The fourth-order valence-corrected chi connectivity index (χ4v) is 4.48. The van der Waals surface area contributed by atoms with Crippen LogP contribution in [0.3, 0.4) is 0 Å². The average Bonchev–Trinajstić information content (AvgIpc) is 2.77. The molecule has 174 valence electrons. The lowest BCUT2D eigenvalue weighted by Gasteiger charge is -2.22. The third-order valence-corrected chi connectivity index (χ3v) is 6.33. The van der Waals surface area contributed by atoms with Crippen molar-refractivity contribution in [1.82, 2.24) is 10.6 Å². The van der Waals surface area contributed by atoms with Crippen LogP contribution in [0.25, 0.3) is 0 Å². The van der Waals surface area contributed by atoms with Crippen LogP contribution in [0.15, 0.2) is 24.3 Å². The summed E-state index contributed by atoms with van der Waals surface area (Å²) in [5, 5.41) is 7.44. The molecule has 2 unspecified atom stereocenters. The normalized spacial score (nSPS) is 13.5. The second-order valence-corrected chi connectivity index (χ2v) is 9.00. The molecule has 30 heavy (non-hydrogen) atoms. The van der Waals surface area contributed by atoms with E-state index in [4.69, 9.17) is 0 Å². The van der Waals surface area contributed by atoms with Crippen molar-refractivity contribution in [2.24, 2.45) is 0 Å². The van der Waals surface area contributed by atoms with Crippen LogP contribution in [0.1, 0.15) is 141 Å². The largest absolute Gasteiger partial charge is 0.310 e. The Kier molecular flexibility index (Phi) is 17.1. The van der Waals surface area contributed by atoms with Gasteiger partial charge in [-0.05, 0) is 37.1 Å². The molecule has 0 aliphatic carbocycles. The Hall–Kier alpha value is -0.860. The van der Waals surface area contributed by atoms with Gasteiger partial charge in [0.15, 0.2) is 0 Å². The molecule has 2 heteroatoms. The molecule has 0 radical (unpaired) electrons. The van der Waals surface area contributed by atoms with E-state index in [1.807, 2.05) is 0 Å². The van der Waals surface area contributed by atoms with Crippen LogP contribution in [0, 0.1) is 0 Å². The van der Waals surface area contributed by atoms with Crippen molar-refractivity contribution in [2.45, 2.75) is 130 Å². The third kappa shape index (κ3) is 12.1. The van der Waals surface area contributed by atoms with E-state index < -0.39 is 0 Å². The zero-order valence-electron chi connectivity index (χ0n) is 20.8. The van der Waals surface area contributed by atoms with Gasteiger partial charge in [0.05, 0.1) is 0 Å². The first-order chi connectivity index (χ1) is 14.8. The Morgan fingerprint density at radius 3 is 1.17 bits per heavy atom. The van der Waals surface area contributed by atoms with Gasteiger partial charge in [-0.15, -0.1) is 0 Å². The van der Waals surface area contributed by atoms with E-state index in [-0.39, 0.29) is 0 Å². The minimum Gasteiger partial charge on any atom is -0.310 e. The van der Waals surface area contributed by atoms with Gasteiger partial charge in [0.2, 0.25) is 0 Å². The first-order valence-corrected chi connectivity index (χ1v) is 13.3. The molecule has 2 nitrogen and oxygen atoms in total. The average molecular weight is 417 g/mol. The standard InChI is InChI=1S/C28H52N2/c1-5-9-11-13-15-17-19-27(29-7-3)25-21-23-26(24-22-25)28(30-8-4)20-18-16-14-12-10-6-2/h21-24,27-30H,5-20H2,1-4H3.